The van der Waals surface area contributed by atoms with Gasteiger partial charge in [0.05, 0.1) is 6.04 Å². The first-order chi connectivity index (χ1) is 9.56. The minimum Gasteiger partial charge on any atom is -0.328 e. The van der Waals surface area contributed by atoms with Crippen molar-refractivity contribution in [1.82, 2.24) is 10.3 Å². The fraction of sp³-hybridized carbons (Fsp3) is 0.167. The highest BCUT2D eigenvalue weighted by Crippen LogP contribution is 2.24. The summed E-state index contributed by atoms with van der Waals surface area (Å²) in [6.45, 7) is 0. The normalized spacial score (nSPS) is 12.2. The SMILES string of the molecule is O=C(Nc1nccs1)NC(c1ccc(F)cc1)C(Cl)Cl. The summed E-state index contributed by atoms with van der Waals surface area (Å²) in [7, 11) is 0. The maximum atomic E-state index is 12.9. The van der Waals surface area contributed by atoms with E-state index >= 15 is 0 Å². The van der Waals surface area contributed by atoms with E-state index in [-0.39, 0.29) is 5.82 Å². The Balaban J connectivity index is 2.05. The number of thiazole rings is 1. The molecule has 1 heterocycles. The molecule has 106 valence electrons. The highest BCUT2D eigenvalue weighted by atomic mass is 35.5. The number of amides is 2. The molecule has 2 rings (SSSR count). The number of hydrogen-bond donors (Lipinski definition) is 2. The molecule has 4 nitrogen and oxygen atoms in total. The van der Waals surface area contributed by atoms with Crippen molar-refractivity contribution in [3.8, 4) is 0 Å². The number of anilines is 1. The fourth-order valence-corrected chi connectivity index (χ4v) is 2.46. The lowest BCUT2D eigenvalue weighted by atomic mass is 10.1. The molecule has 0 spiro atoms. The highest BCUT2D eigenvalue weighted by Gasteiger charge is 2.21. The van der Waals surface area contributed by atoms with E-state index in [2.05, 4.69) is 15.6 Å². The molecule has 0 saturated heterocycles. The Morgan fingerprint density at radius 2 is 2.00 bits per heavy atom. The molecule has 1 atom stereocenters. The van der Waals surface area contributed by atoms with Gasteiger partial charge in [-0.25, -0.2) is 14.2 Å². The maximum Gasteiger partial charge on any atom is 0.321 e. The summed E-state index contributed by atoms with van der Waals surface area (Å²) in [5.74, 6) is -0.375. The predicted octanol–water partition coefficient (Wildman–Crippen LogP) is 3.95. The molecular weight excluding hydrogens is 324 g/mol. The quantitative estimate of drug-likeness (QED) is 0.832. The summed E-state index contributed by atoms with van der Waals surface area (Å²) in [6, 6.07) is 4.44. The van der Waals surface area contributed by atoms with Crippen LogP contribution in [0.5, 0.6) is 0 Å². The van der Waals surface area contributed by atoms with Gasteiger partial charge in [-0.3, -0.25) is 5.32 Å². The molecule has 0 saturated carbocycles. The molecule has 0 radical (unpaired) electrons. The van der Waals surface area contributed by atoms with Crippen LogP contribution in [0, 0.1) is 5.82 Å². The third-order valence-corrected chi connectivity index (χ3v) is 3.61. The second kappa shape index (κ2) is 6.88. The van der Waals surface area contributed by atoms with Crippen LogP contribution < -0.4 is 10.6 Å². The number of nitrogens with one attached hydrogen (secondary N) is 2. The van der Waals surface area contributed by atoms with Gasteiger partial charge in [0.2, 0.25) is 0 Å². The predicted molar refractivity (Wildman–Crippen MR) is 78.9 cm³/mol. The average Bonchev–Trinajstić information content (AvgIpc) is 2.90. The van der Waals surface area contributed by atoms with Crippen LogP contribution >= 0.6 is 34.5 Å². The molecule has 0 aliphatic rings. The lowest BCUT2D eigenvalue weighted by Crippen LogP contribution is -2.35. The zero-order valence-electron chi connectivity index (χ0n) is 10.0. The number of aromatic nitrogens is 1. The molecule has 20 heavy (non-hydrogen) atoms. The number of urea groups is 1. The molecule has 0 bridgehead atoms. The highest BCUT2D eigenvalue weighted by molar-refractivity contribution is 7.13. The van der Waals surface area contributed by atoms with Crippen LogP contribution in [0.3, 0.4) is 0 Å². The van der Waals surface area contributed by atoms with Crippen molar-refractivity contribution in [3.63, 3.8) is 0 Å². The number of carbonyl (C=O) groups excluding carboxylic acids is 1. The molecule has 2 aromatic rings. The molecule has 0 fully saturated rings. The number of hydrogen-bond acceptors (Lipinski definition) is 3. The van der Waals surface area contributed by atoms with E-state index in [4.69, 9.17) is 23.2 Å². The Kier molecular flexibility index (Phi) is 5.17. The van der Waals surface area contributed by atoms with Gasteiger partial charge in [0.15, 0.2) is 5.13 Å². The Hall–Kier alpha value is -1.37. The molecular formula is C12H10Cl2FN3OS. The third kappa shape index (κ3) is 4.06. The van der Waals surface area contributed by atoms with E-state index in [0.29, 0.717) is 10.7 Å². The first-order valence-corrected chi connectivity index (χ1v) is 7.32. The van der Waals surface area contributed by atoms with E-state index in [0.717, 1.165) is 0 Å². The molecule has 0 aliphatic carbocycles. The van der Waals surface area contributed by atoms with Crippen molar-refractivity contribution in [2.75, 3.05) is 5.32 Å². The summed E-state index contributed by atoms with van der Waals surface area (Å²) in [6.07, 6.45) is 1.57. The number of halogens is 3. The number of carbonyl (C=O) groups is 1. The number of benzene rings is 1. The number of nitrogens with zero attached hydrogens (tertiary/aromatic N) is 1. The minimum atomic E-state index is -0.873. The van der Waals surface area contributed by atoms with Gasteiger partial charge < -0.3 is 5.32 Å². The van der Waals surface area contributed by atoms with Gasteiger partial charge in [0.1, 0.15) is 10.7 Å². The van der Waals surface area contributed by atoms with Crippen LogP contribution in [-0.4, -0.2) is 15.9 Å². The molecule has 2 N–H and O–H groups in total. The van der Waals surface area contributed by atoms with Crippen LogP contribution in [0.1, 0.15) is 11.6 Å². The lowest BCUT2D eigenvalue weighted by molar-refractivity contribution is 0.249. The Labute approximate surface area is 128 Å². The molecule has 1 aromatic heterocycles. The third-order valence-electron chi connectivity index (χ3n) is 2.42. The van der Waals surface area contributed by atoms with Gasteiger partial charge in [-0.1, -0.05) is 12.1 Å². The average molecular weight is 334 g/mol. The number of alkyl halides is 2. The number of rotatable bonds is 4. The van der Waals surface area contributed by atoms with Crippen LogP contribution in [-0.2, 0) is 0 Å². The van der Waals surface area contributed by atoms with Crippen molar-refractivity contribution in [3.05, 3.63) is 47.2 Å². The fourth-order valence-electron chi connectivity index (χ4n) is 1.52. The molecule has 2 amide bonds. The Morgan fingerprint density at radius 3 is 2.55 bits per heavy atom. The molecule has 0 aliphatic heterocycles. The summed E-state index contributed by atoms with van der Waals surface area (Å²) >= 11 is 13.0. The van der Waals surface area contributed by atoms with E-state index in [1.165, 1.54) is 35.6 Å². The van der Waals surface area contributed by atoms with Crippen LogP contribution in [0.2, 0.25) is 0 Å². The van der Waals surface area contributed by atoms with Crippen molar-refractivity contribution in [2.45, 2.75) is 10.9 Å². The van der Waals surface area contributed by atoms with E-state index < -0.39 is 16.9 Å². The van der Waals surface area contributed by atoms with Gasteiger partial charge in [-0.05, 0) is 17.7 Å². The summed E-state index contributed by atoms with van der Waals surface area (Å²) in [5, 5.41) is 7.37. The second-order valence-corrected chi connectivity index (χ2v) is 5.86. The van der Waals surface area contributed by atoms with Crippen molar-refractivity contribution in [1.29, 1.82) is 0 Å². The zero-order chi connectivity index (χ0) is 14.5. The topological polar surface area (TPSA) is 54.0 Å². The van der Waals surface area contributed by atoms with Crippen molar-refractivity contribution < 1.29 is 9.18 Å². The van der Waals surface area contributed by atoms with Gasteiger partial charge >= 0.3 is 6.03 Å². The second-order valence-electron chi connectivity index (χ2n) is 3.80. The standard InChI is InChI=1S/C12H10Cl2FN3OS/c13-10(14)9(7-1-3-8(15)4-2-7)17-11(19)18-12-16-5-6-20-12/h1-6,9-10H,(H2,16,17,18,19). The van der Waals surface area contributed by atoms with E-state index in [1.807, 2.05) is 0 Å². The van der Waals surface area contributed by atoms with Crippen LogP contribution in [0.4, 0.5) is 14.3 Å². The molecule has 1 unspecified atom stereocenters. The summed E-state index contributed by atoms with van der Waals surface area (Å²) in [4.78, 5) is 14.9. The zero-order valence-corrected chi connectivity index (χ0v) is 12.3. The van der Waals surface area contributed by atoms with Gasteiger partial charge in [-0.2, -0.15) is 0 Å². The van der Waals surface area contributed by atoms with Crippen molar-refractivity contribution in [2.24, 2.45) is 0 Å². The minimum absolute atomic E-state index is 0.375. The largest absolute Gasteiger partial charge is 0.328 e. The molecule has 1 aromatic carbocycles. The van der Waals surface area contributed by atoms with Gasteiger partial charge in [0, 0.05) is 11.6 Å². The van der Waals surface area contributed by atoms with Gasteiger partial charge in [-0.15, -0.1) is 34.5 Å². The van der Waals surface area contributed by atoms with Crippen LogP contribution in [0.25, 0.3) is 0 Å². The van der Waals surface area contributed by atoms with E-state index in [9.17, 15) is 9.18 Å². The summed E-state index contributed by atoms with van der Waals surface area (Å²) in [5.41, 5.74) is 0.607. The van der Waals surface area contributed by atoms with E-state index in [1.54, 1.807) is 11.6 Å². The van der Waals surface area contributed by atoms with Crippen LogP contribution in [0.15, 0.2) is 35.8 Å². The van der Waals surface area contributed by atoms with Crippen molar-refractivity contribution >= 4 is 45.7 Å². The monoisotopic (exact) mass is 333 g/mol. The lowest BCUT2D eigenvalue weighted by Gasteiger charge is -2.20. The van der Waals surface area contributed by atoms with Gasteiger partial charge in [0.25, 0.3) is 0 Å². The Bertz CT molecular complexity index is 563. The molecule has 8 heteroatoms. The maximum absolute atomic E-state index is 12.9. The first kappa shape index (κ1) is 15.0. The smallest absolute Gasteiger partial charge is 0.321 e. The first-order valence-electron chi connectivity index (χ1n) is 5.57. The Morgan fingerprint density at radius 1 is 1.30 bits per heavy atom. The summed E-state index contributed by atoms with van der Waals surface area (Å²) < 4.78 is 12.9.